The fourth-order valence-corrected chi connectivity index (χ4v) is 4.47. The number of nitrogens with zero attached hydrogens (tertiary/aromatic N) is 1. The molecule has 0 spiro atoms. The van der Waals surface area contributed by atoms with E-state index in [1.807, 2.05) is 0 Å². The van der Waals surface area contributed by atoms with Crippen molar-refractivity contribution in [3.8, 4) is 5.75 Å². The van der Waals surface area contributed by atoms with Crippen LogP contribution < -0.4 is 10.1 Å². The number of benzene rings is 2. The maximum Gasteiger partial charge on any atom is 0.255 e. The number of sulfonamides is 1. The minimum Gasteiger partial charge on any atom is -0.495 e. The van der Waals surface area contributed by atoms with Gasteiger partial charge in [0.25, 0.3) is 5.91 Å². The maximum absolute atomic E-state index is 12.9. The summed E-state index contributed by atoms with van der Waals surface area (Å²) in [6.45, 7) is 5.94. The zero-order valence-corrected chi connectivity index (χ0v) is 17.3. The lowest BCUT2D eigenvalue weighted by Crippen LogP contribution is -2.31. The molecule has 1 N–H and O–H groups in total. The summed E-state index contributed by atoms with van der Waals surface area (Å²) in [5, 5.41) is 3.30. The maximum atomic E-state index is 12.9. The smallest absolute Gasteiger partial charge is 0.255 e. The molecule has 27 heavy (non-hydrogen) atoms. The van der Waals surface area contributed by atoms with Gasteiger partial charge in [0.1, 0.15) is 10.6 Å². The first-order valence-corrected chi connectivity index (χ1v) is 10.3. The second kappa shape index (κ2) is 8.73. The van der Waals surface area contributed by atoms with E-state index < -0.39 is 15.9 Å². The van der Waals surface area contributed by atoms with Gasteiger partial charge in [-0.25, -0.2) is 8.42 Å². The third-order valence-electron chi connectivity index (χ3n) is 4.26. The lowest BCUT2D eigenvalue weighted by atomic mass is 10.1. The number of amides is 1. The standard InChI is InChI=1S/C19H23ClN2O4S/c1-5-22(6-2)27(24,25)18-12-14(10-11-17(18)26-4)19(23)21-16-9-7-8-15(20)13(16)3/h7-12H,5-6H2,1-4H3,(H,21,23). The van der Waals surface area contributed by atoms with Crippen LogP contribution in [-0.4, -0.2) is 38.8 Å². The van der Waals surface area contributed by atoms with Crippen molar-refractivity contribution in [1.29, 1.82) is 0 Å². The Morgan fingerprint density at radius 3 is 2.44 bits per heavy atom. The van der Waals surface area contributed by atoms with Gasteiger partial charge in [0.2, 0.25) is 10.0 Å². The molecule has 0 unspecified atom stereocenters. The first-order chi connectivity index (χ1) is 12.8. The number of anilines is 1. The molecule has 146 valence electrons. The van der Waals surface area contributed by atoms with E-state index in [2.05, 4.69) is 5.32 Å². The Labute approximate surface area is 165 Å². The van der Waals surface area contributed by atoms with E-state index in [1.165, 1.54) is 29.6 Å². The highest BCUT2D eigenvalue weighted by molar-refractivity contribution is 7.89. The van der Waals surface area contributed by atoms with Crippen LogP contribution in [0.15, 0.2) is 41.3 Å². The molecular weight excluding hydrogens is 388 g/mol. The molecule has 0 aromatic heterocycles. The fraction of sp³-hybridized carbons (Fsp3) is 0.316. The second-order valence-corrected chi connectivity index (χ2v) is 8.14. The Bertz CT molecular complexity index is 941. The van der Waals surface area contributed by atoms with Crippen molar-refractivity contribution >= 4 is 33.2 Å². The van der Waals surface area contributed by atoms with Crippen LogP contribution >= 0.6 is 11.6 Å². The molecule has 2 aromatic carbocycles. The fourth-order valence-electron chi connectivity index (χ4n) is 2.66. The van der Waals surface area contributed by atoms with Gasteiger partial charge in [-0.3, -0.25) is 4.79 Å². The molecule has 1 amide bonds. The lowest BCUT2D eigenvalue weighted by molar-refractivity contribution is 0.102. The van der Waals surface area contributed by atoms with Crippen LogP contribution in [-0.2, 0) is 10.0 Å². The molecule has 0 saturated carbocycles. The summed E-state index contributed by atoms with van der Waals surface area (Å²) in [6, 6.07) is 9.53. The monoisotopic (exact) mass is 410 g/mol. The van der Waals surface area contributed by atoms with Crippen LogP contribution in [0.3, 0.4) is 0 Å². The minimum atomic E-state index is -3.78. The van der Waals surface area contributed by atoms with E-state index in [9.17, 15) is 13.2 Å². The van der Waals surface area contributed by atoms with Gasteiger partial charge in [-0.15, -0.1) is 0 Å². The Hall–Kier alpha value is -2.09. The van der Waals surface area contributed by atoms with E-state index in [4.69, 9.17) is 16.3 Å². The van der Waals surface area contributed by atoms with Crippen LogP contribution in [0.1, 0.15) is 29.8 Å². The predicted octanol–water partition coefficient (Wildman–Crippen LogP) is 3.94. The average Bonchev–Trinajstić information content (AvgIpc) is 2.65. The number of hydrogen-bond donors (Lipinski definition) is 1. The van der Waals surface area contributed by atoms with Crippen molar-refractivity contribution in [3.05, 3.63) is 52.5 Å². The topological polar surface area (TPSA) is 75.7 Å². The molecule has 8 heteroatoms. The molecule has 0 heterocycles. The summed E-state index contributed by atoms with van der Waals surface area (Å²) in [4.78, 5) is 12.6. The van der Waals surface area contributed by atoms with Gasteiger partial charge in [0.15, 0.2) is 0 Å². The van der Waals surface area contributed by atoms with E-state index in [0.29, 0.717) is 23.8 Å². The Kier molecular flexibility index (Phi) is 6.86. The highest BCUT2D eigenvalue weighted by atomic mass is 35.5. The van der Waals surface area contributed by atoms with Crippen LogP contribution in [0.5, 0.6) is 5.75 Å². The molecule has 0 aliphatic rings. The number of carbonyl (C=O) groups is 1. The zero-order valence-electron chi connectivity index (χ0n) is 15.7. The van der Waals surface area contributed by atoms with E-state index in [1.54, 1.807) is 39.0 Å². The third-order valence-corrected chi connectivity index (χ3v) is 6.75. The molecule has 0 aliphatic carbocycles. The summed E-state index contributed by atoms with van der Waals surface area (Å²) < 4.78 is 32.3. The second-order valence-electron chi connectivity index (χ2n) is 5.82. The van der Waals surface area contributed by atoms with Gasteiger partial charge in [-0.2, -0.15) is 4.31 Å². The highest BCUT2D eigenvalue weighted by Crippen LogP contribution is 2.29. The average molecular weight is 411 g/mol. The first-order valence-electron chi connectivity index (χ1n) is 8.50. The molecule has 2 aromatic rings. The number of nitrogens with one attached hydrogen (secondary N) is 1. The SMILES string of the molecule is CCN(CC)S(=O)(=O)c1cc(C(=O)Nc2cccc(Cl)c2C)ccc1OC. The molecule has 0 saturated heterocycles. The molecule has 6 nitrogen and oxygen atoms in total. The largest absolute Gasteiger partial charge is 0.495 e. The first kappa shape index (κ1) is 21.2. The van der Waals surface area contributed by atoms with Crippen LogP contribution in [0.25, 0.3) is 0 Å². The van der Waals surface area contributed by atoms with Crippen molar-refractivity contribution in [3.63, 3.8) is 0 Å². The number of halogens is 1. The summed E-state index contributed by atoms with van der Waals surface area (Å²) in [7, 11) is -2.39. The number of ether oxygens (including phenoxy) is 1. The molecular formula is C19H23ClN2O4S. The summed E-state index contributed by atoms with van der Waals surface area (Å²) in [5.74, 6) is -0.239. The quantitative estimate of drug-likeness (QED) is 0.750. The third kappa shape index (κ3) is 4.43. The molecule has 2 rings (SSSR count). The Morgan fingerprint density at radius 2 is 1.85 bits per heavy atom. The van der Waals surface area contributed by atoms with E-state index in [-0.39, 0.29) is 16.2 Å². The van der Waals surface area contributed by atoms with Crippen molar-refractivity contribution in [2.45, 2.75) is 25.7 Å². The van der Waals surface area contributed by atoms with Gasteiger partial charge < -0.3 is 10.1 Å². The number of hydrogen-bond acceptors (Lipinski definition) is 4. The van der Waals surface area contributed by atoms with E-state index in [0.717, 1.165) is 5.56 Å². The summed E-state index contributed by atoms with van der Waals surface area (Å²) >= 11 is 6.08. The predicted molar refractivity (Wildman–Crippen MR) is 107 cm³/mol. The summed E-state index contributed by atoms with van der Waals surface area (Å²) in [6.07, 6.45) is 0. The lowest BCUT2D eigenvalue weighted by Gasteiger charge is -2.20. The zero-order chi connectivity index (χ0) is 20.2. The Morgan fingerprint density at radius 1 is 1.19 bits per heavy atom. The van der Waals surface area contributed by atoms with Gasteiger partial charge in [0, 0.05) is 29.4 Å². The molecule has 0 aliphatic heterocycles. The summed E-state index contributed by atoms with van der Waals surface area (Å²) in [5.41, 5.74) is 1.51. The molecule has 0 atom stereocenters. The molecule has 0 bridgehead atoms. The normalized spacial score (nSPS) is 11.5. The highest BCUT2D eigenvalue weighted by Gasteiger charge is 2.27. The van der Waals surface area contributed by atoms with Gasteiger partial charge in [0.05, 0.1) is 7.11 Å². The van der Waals surface area contributed by atoms with Crippen molar-refractivity contribution in [2.75, 3.05) is 25.5 Å². The number of rotatable bonds is 7. The van der Waals surface area contributed by atoms with Crippen molar-refractivity contribution < 1.29 is 17.9 Å². The van der Waals surface area contributed by atoms with Crippen LogP contribution in [0, 0.1) is 6.92 Å². The van der Waals surface area contributed by atoms with Gasteiger partial charge in [-0.05, 0) is 42.8 Å². The van der Waals surface area contributed by atoms with Gasteiger partial charge in [-0.1, -0.05) is 31.5 Å². The van der Waals surface area contributed by atoms with E-state index >= 15 is 0 Å². The minimum absolute atomic E-state index is 0.0378. The molecule has 0 radical (unpaired) electrons. The van der Waals surface area contributed by atoms with Crippen molar-refractivity contribution in [1.82, 2.24) is 4.31 Å². The van der Waals surface area contributed by atoms with Crippen LogP contribution in [0.2, 0.25) is 5.02 Å². The number of carbonyl (C=O) groups excluding carboxylic acids is 1. The van der Waals surface area contributed by atoms with Gasteiger partial charge >= 0.3 is 0 Å². The van der Waals surface area contributed by atoms with Crippen LogP contribution in [0.4, 0.5) is 5.69 Å². The Balaban J connectivity index is 2.45. The number of methoxy groups -OCH3 is 1. The molecule has 0 fully saturated rings. The van der Waals surface area contributed by atoms with Crippen molar-refractivity contribution in [2.24, 2.45) is 0 Å².